The van der Waals surface area contributed by atoms with Crippen LogP contribution in [0.2, 0.25) is 0 Å². The predicted molar refractivity (Wildman–Crippen MR) is 228 cm³/mol. The SMILES string of the molecule is CC(C)C[C@H](NC(=O)[C@H](CCC(=O)O)NC(=O)[C@@H]1CCCN1C(=O)[C@H](Cc1cnc[nH]1)NC(=O)[C@H](CCC(N)=O)NC(=O)[C@H](CO)NC(=O)[C@@H](N)CC(N)=O)C(=O)N[C@@H](CCC(N)=O)C(=O)O. The van der Waals surface area contributed by atoms with E-state index in [0.29, 0.717) is 5.69 Å². The number of amides is 10. The molecule has 0 bridgehead atoms. The molecule has 2 heterocycles. The molecule has 0 aliphatic carbocycles. The van der Waals surface area contributed by atoms with Crippen LogP contribution in [0.4, 0.5) is 0 Å². The van der Waals surface area contributed by atoms with Crippen molar-refractivity contribution in [1.29, 1.82) is 0 Å². The molecule has 1 aromatic heterocycles. The van der Waals surface area contributed by atoms with E-state index in [4.69, 9.17) is 22.9 Å². The van der Waals surface area contributed by atoms with Gasteiger partial charge in [-0.15, -0.1) is 0 Å². The van der Waals surface area contributed by atoms with Gasteiger partial charge in [0.05, 0.1) is 25.4 Å². The van der Waals surface area contributed by atoms with Crippen LogP contribution in [0.1, 0.15) is 83.7 Å². The summed E-state index contributed by atoms with van der Waals surface area (Å²) in [6, 6.07) is -12.2. The molecule has 0 aromatic carbocycles. The van der Waals surface area contributed by atoms with Gasteiger partial charge < -0.3 is 80.0 Å². The van der Waals surface area contributed by atoms with Gasteiger partial charge in [-0.05, 0) is 44.4 Å². The lowest BCUT2D eigenvalue weighted by molar-refractivity contribution is -0.143. The molecule has 1 aromatic rings. The lowest BCUT2D eigenvalue weighted by Crippen LogP contribution is -2.60. The van der Waals surface area contributed by atoms with Gasteiger partial charge in [0.15, 0.2) is 0 Å². The van der Waals surface area contributed by atoms with Crippen molar-refractivity contribution in [2.24, 2.45) is 28.9 Å². The first kappa shape index (κ1) is 55.9. The first-order valence-electron chi connectivity index (χ1n) is 21.2. The molecule has 1 fully saturated rings. The summed E-state index contributed by atoms with van der Waals surface area (Å²) >= 11 is 0. The Morgan fingerprint density at radius 3 is 1.73 bits per heavy atom. The van der Waals surface area contributed by atoms with Gasteiger partial charge in [0, 0.05) is 44.1 Å². The predicted octanol–water partition coefficient (Wildman–Crippen LogP) is -6.43. The van der Waals surface area contributed by atoms with Gasteiger partial charge in [-0.2, -0.15) is 0 Å². The highest BCUT2D eigenvalue weighted by molar-refractivity contribution is 5.98. The number of hydrogen-bond acceptors (Lipinski definition) is 15. The number of aliphatic hydroxyl groups excluding tert-OH is 1. The molecular weight excluding hydrogens is 891 g/mol. The van der Waals surface area contributed by atoms with Crippen molar-refractivity contribution in [3.8, 4) is 0 Å². The summed E-state index contributed by atoms with van der Waals surface area (Å²) in [7, 11) is 0. The highest BCUT2D eigenvalue weighted by Crippen LogP contribution is 2.21. The second kappa shape index (κ2) is 27.3. The van der Waals surface area contributed by atoms with E-state index in [1.54, 1.807) is 13.8 Å². The van der Waals surface area contributed by atoms with Crippen molar-refractivity contribution in [1.82, 2.24) is 46.8 Å². The molecule has 1 aliphatic heterocycles. The first-order chi connectivity index (χ1) is 31.4. The van der Waals surface area contributed by atoms with Crippen molar-refractivity contribution in [3.63, 3.8) is 0 Å². The van der Waals surface area contributed by atoms with Crippen LogP contribution in [0.5, 0.6) is 0 Å². The van der Waals surface area contributed by atoms with E-state index in [-0.39, 0.29) is 51.0 Å². The van der Waals surface area contributed by atoms with E-state index in [0.717, 1.165) is 4.90 Å². The van der Waals surface area contributed by atoms with Crippen molar-refractivity contribution in [2.45, 2.75) is 133 Å². The summed E-state index contributed by atoms with van der Waals surface area (Å²) in [5.41, 5.74) is 21.4. The monoisotopic (exact) mass is 951 g/mol. The van der Waals surface area contributed by atoms with Gasteiger partial charge in [-0.3, -0.25) is 52.7 Å². The Kier molecular flexibility index (Phi) is 22.8. The van der Waals surface area contributed by atoms with Crippen molar-refractivity contribution >= 4 is 71.0 Å². The second-order valence-corrected chi connectivity index (χ2v) is 16.2. The zero-order valence-electron chi connectivity index (χ0n) is 37.0. The van der Waals surface area contributed by atoms with E-state index < -0.39 is 158 Å². The summed E-state index contributed by atoms with van der Waals surface area (Å²) < 4.78 is 0. The Hall–Kier alpha value is -7.23. The molecule has 28 heteroatoms. The quantitative estimate of drug-likeness (QED) is 0.0341. The third-order valence-electron chi connectivity index (χ3n) is 10.2. The van der Waals surface area contributed by atoms with Crippen LogP contribution in [0, 0.1) is 5.92 Å². The van der Waals surface area contributed by atoms with Crippen LogP contribution in [0.3, 0.4) is 0 Å². The summed E-state index contributed by atoms with van der Waals surface area (Å²) in [4.78, 5) is 160. The molecule has 0 spiro atoms. The second-order valence-electron chi connectivity index (χ2n) is 16.2. The van der Waals surface area contributed by atoms with Gasteiger partial charge in [0.25, 0.3) is 0 Å². The molecule has 0 radical (unpaired) electrons. The number of carbonyl (C=O) groups is 12. The molecule has 0 unspecified atom stereocenters. The highest BCUT2D eigenvalue weighted by Gasteiger charge is 2.41. The minimum absolute atomic E-state index is 0.0322. The number of carbonyl (C=O) groups excluding carboxylic acids is 10. The van der Waals surface area contributed by atoms with Gasteiger partial charge in [0.1, 0.15) is 42.3 Å². The van der Waals surface area contributed by atoms with E-state index in [9.17, 15) is 72.9 Å². The fourth-order valence-corrected chi connectivity index (χ4v) is 6.80. The largest absolute Gasteiger partial charge is 0.481 e. The third kappa shape index (κ3) is 19.4. The number of nitrogens with zero attached hydrogens (tertiary/aromatic N) is 2. The lowest BCUT2D eigenvalue weighted by atomic mass is 10.0. The minimum atomic E-state index is -1.72. The molecule has 28 nitrogen and oxygen atoms in total. The number of H-pyrrole nitrogens is 1. The van der Waals surface area contributed by atoms with E-state index in [2.05, 4.69) is 41.9 Å². The average Bonchev–Trinajstić information content (AvgIpc) is 3.95. The molecule has 1 saturated heterocycles. The van der Waals surface area contributed by atoms with E-state index >= 15 is 0 Å². The zero-order valence-corrected chi connectivity index (χ0v) is 37.0. The molecule has 10 amide bonds. The van der Waals surface area contributed by atoms with Gasteiger partial charge in [0.2, 0.25) is 59.1 Å². The fraction of sp³-hybridized carbons (Fsp3) is 0.615. The van der Waals surface area contributed by atoms with Crippen LogP contribution in [0.15, 0.2) is 12.5 Å². The molecule has 372 valence electrons. The molecule has 18 N–H and O–H groups in total. The molecule has 1 aliphatic rings. The number of imidazole rings is 1. The van der Waals surface area contributed by atoms with Crippen LogP contribution in [-0.2, 0) is 64.0 Å². The number of nitrogens with one attached hydrogen (secondary N) is 7. The van der Waals surface area contributed by atoms with E-state index in [1.165, 1.54) is 12.5 Å². The normalized spacial score (nSPS) is 16.4. The highest BCUT2D eigenvalue weighted by atomic mass is 16.4. The average molecular weight is 952 g/mol. The molecular formula is C39H61N13O15. The molecule has 67 heavy (non-hydrogen) atoms. The number of rotatable bonds is 30. The number of hydrogen-bond donors (Lipinski definition) is 14. The molecule has 8 atom stereocenters. The lowest BCUT2D eigenvalue weighted by Gasteiger charge is -2.31. The molecule has 2 rings (SSSR count). The maximum absolute atomic E-state index is 14.4. The number of primary amides is 3. The number of carboxylic acid groups (broad SMARTS) is 2. The van der Waals surface area contributed by atoms with E-state index in [1.807, 2.05) is 0 Å². The summed E-state index contributed by atoms with van der Waals surface area (Å²) in [5.74, 6) is -12.6. The van der Waals surface area contributed by atoms with Crippen LogP contribution in [0.25, 0.3) is 0 Å². The number of likely N-dealkylation sites (tertiary alicyclic amines) is 1. The fourth-order valence-electron chi connectivity index (χ4n) is 6.80. The standard InChI is InChI=1S/C39H61N13O15/c1-18(2)12-24(35(62)48-23(39(66)67)6-9-29(42)55)49-33(60)22(7-10-31(57)58)47-37(64)27-4-3-11-52(27)38(65)25(13-19-15-44-17-45-19)50-34(61)21(5-8-28(41)54)46-36(63)26(16-53)51-32(59)20(40)14-30(43)56/h15,17-18,20-27,53H,3-14,16,40H2,1-2H3,(H2,41,54)(H2,42,55)(H2,43,56)(H,44,45)(H,46,63)(H,47,64)(H,48,62)(H,49,60)(H,50,61)(H,51,59)(H,57,58)(H,66,67)/t20-,21-,22-,23-,24-,25-,26-,27-/m0/s1. The number of aromatic amines is 1. The zero-order chi connectivity index (χ0) is 50.5. The minimum Gasteiger partial charge on any atom is -0.481 e. The summed E-state index contributed by atoms with van der Waals surface area (Å²) in [6.45, 7) is 2.34. The van der Waals surface area contributed by atoms with Crippen molar-refractivity contribution in [2.75, 3.05) is 13.2 Å². The number of aromatic nitrogens is 2. The summed E-state index contributed by atoms with van der Waals surface area (Å²) in [6.07, 6.45) is -0.761. The van der Waals surface area contributed by atoms with Gasteiger partial charge in [-0.25, -0.2) is 9.78 Å². The Morgan fingerprint density at radius 2 is 1.21 bits per heavy atom. The Balaban J connectivity index is 2.39. The summed E-state index contributed by atoms with van der Waals surface area (Å²) in [5, 5.41) is 43.0. The Labute approximate surface area is 383 Å². The Bertz CT molecular complexity index is 1960. The van der Waals surface area contributed by atoms with Crippen molar-refractivity contribution in [3.05, 3.63) is 18.2 Å². The smallest absolute Gasteiger partial charge is 0.326 e. The first-order valence-corrected chi connectivity index (χ1v) is 21.2. The topological polar surface area (TPSA) is 474 Å². The van der Waals surface area contributed by atoms with Crippen LogP contribution >= 0.6 is 0 Å². The van der Waals surface area contributed by atoms with Crippen LogP contribution < -0.4 is 54.8 Å². The Morgan fingerprint density at radius 1 is 0.701 bits per heavy atom. The number of aliphatic carboxylic acids is 2. The van der Waals surface area contributed by atoms with Crippen LogP contribution in [-0.4, -0.2) is 163 Å². The third-order valence-corrected chi connectivity index (χ3v) is 10.2. The number of aliphatic hydroxyl groups is 1. The number of nitrogens with two attached hydrogens (primary N) is 4. The molecule has 0 saturated carbocycles. The van der Waals surface area contributed by atoms with Gasteiger partial charge in [-0.1, -0.05) is 13.8 Å². The maximum atomic E-state index is 14.4. The number of carboxylic acids is 2. The van der Waals surface area contributed by atoms with Gasteiger partial charge >= 0.3 is 11.9 Å². The van der Waals surface area contributed by atoms with Crippen molar-refractivity contribution < 1.29 is 72.9 Å². The maximum Gasteiger partial charge on any atom is 0.326 e.